The number of hydrogen-bond donors (Lipinski definition) is 2. The number of rotatable bonds is 4. The number of carbonyl (C=O) groups excluding carboxylic acids is 1. The molecule has 26 heavy (non-hydrogen) atoms. The molecule has 1 unspecified atom stereocenters. The average Bonchev–Trinajstić information content (AvgIpc) is 3.25. The molecule has 4 rings (SSSR count). The van der Waals surface area contributed by atoms with Crippen molar-refractivity contribution in [1.82, 2.24) is 19.5 Å². The van der Waals surface area contributed by atoms with Crippen LogP contribution in [0.4, 0.5) is 5.69 Å². The summed E-state index contributed by atoms with van der Waals surface area (Å²) in [5.41, 5.74) is 2.09. The summed E-state index contributed by atoms with van der Waals surface area (Å²) < 4.78 is 2.94. The number of anilines is 1. The van der Waals surface area contributed by atoms with E-state index >= 15 is 0 Å². The SMILES string of the molecule is Cl.O=C(Nc1cccc(Cn2nc3ccccn3c2=O)c1)C1CCNC1. The van der Waals surface area contributed by atoms with E-state index in [0.29, 0.717) is 12.2 Å². The second kappa shape index (κ2) is 7.72. The van der Waals surface area contributed by atoms with Crippen molar-refractivity contribution in [1.29, 1.82) is 0 Å². The van der Waals surface area contributed by atoms with Crippen LogP contribution < -0.4 is 16.3 Å². The number of fused-ring (bicyclic) bond motifs is 1. The Labute approximate surface area is 156 Å². The number of carbonyl (C=O) groups is 1. The lowest BCUT2D eigenvalue weighted by Gasteiger charge is -2.11. The van der Waals surface area contributed by atoms with E-state index in [0.717, 1.165) is 30.8 Å². The highest BCUT2D eigenvalue weighted by Crippen LogP contribution is 2.15. The third kappa shape index (κ3) is 3.63. The molecular formula is C18H20ClN5O2. The van der Waals surface area contributed by atoms with E-state index in [1.165, 1.54) is 9.08 Å². The summed E-state index contributed by atoms with van der Waals surface area (Å²) in [6.45, 7) is 1.96. The molecule has 3 aromatic rings. The number of benzene rings is 1. The molecule has 1 saturated heterocycles. The molecule has 2 N–H and O–H groups in total. The van der Waals surface area contributed by atoms with Gasteiger partial charge < -0.3 is 10.6 Å². The van der Waals surface area contributed by atoms with E-state index in [-0.39, 0.29) is 29.9 Å². The fourth-order valence-electron chi connectivity index (χ4n) is 3.11. The summed E-state index contributed by atoms with van der Waals surface area (Å²) in [5, 5.41) is 10.5. The monoisotopic (exact) mass is 373 g/mol. The molecule has 0 bridgehead atoms. The Morgan fingerprint density at radius 2 is 2.15 bits per heavy atom. The fraction of sp³-hybridized carbons (Fsp3) is 0.278. The number of hydrogen-bond acceptors (Lipinski definition) is 4. The number of halogens is 1. The largest absolute Gasteiger partial charge is 0.350 e. The van der Waals surface area contributed by atoms with Gasteiger partial charge in [0.05, 0.1) is 12.5 Å². The molecule has 136 valence electrons. The zero-order valence-electron chi connectivity index (χ0n) is 14.1. The van der Waals surface area contributed by atoms with Gasteiger partial charge in [-0.25, -0.2) is 9.48 Å². The van der Waals surface area contributed by atoms with E-state index in [9.17, 15) is 9.59 Å². The van der Waals surface area contributed by atoms with E-state index in [1.807, 2.05) is 30.3 Å². The normalized spacial score (nSPS) is 16.4. The van der Waals surface area contributed by atoms with Crippen LogP contribution in [0.25, 0.3) is 5.65 Å². The molecule has 0 spiro atoms. The molecule has 1 amide bonds. The molecule has 0 aliphatic carbocycles. The Bertz CT molecular complexity index is 975. The predicted octanol–water partition coefficient (Wildman–Crippen LogP) is 1.51. The third-order valence-electron chi connectivity index (χ3n) is 4.45. The molecule has 2 aromatic heterocycles. The second-order valence-electron chi connectivity index (χ2n) is 6.25. The van der Waals surface area contributed by atoms with E-state index in [4.69, 9.17) is 0 Å². The Hall–Kier alpha value is -2.64. The van der Waals surface area contributed by atoms with Crippen LogP contribution in [0.1, 0.15) is 12.0 Å². The zero-order chi connectivity index (χ0) is 17.2. The lowest BCUT2D eigenvalue weighted by atomic mass is 10.1. The smallest absolute Gasteiger partial charge is 0.326 e. The van der Waals surface area contributed by atoms with Gasteiger partial charge in [-0.1, -0.05) is 18.2 Å². The van der Waals surface area contributed by atoms with Crippen molar-refractivity contribution in [3.8, 4) is 0 Å². The van der Waals surface area contributed by atoms with Crippen molar-refractivity contribution in [2.24, 2.45) is 5.92 Å². The molecule has 1 fully saturated rings. The topological polar surface area (TPSA) is 80.4 Å². The minimum Gasteiger partial charge on any atom is -0.326 e. The van der Waals surface area contributed by atoms with Crippen molar-refractivity contribution >= 4 is 29.6 Å². The van der Waals surface area contributed by atoms with Crippen molar-refractivity contribution in [2.45, 2.75) is 13.0 Å². The van der Waals surface area contributed by atoms with E-state index in [2.05, 4.69) is 15.7 Å². The van der Waals surface area contributed by atoms with Crippen molar-refractivity contribution in [3.63, 3.8) is 0 Å². The van der Waals surface area contributed by atoms with Crippen molar-refractivity contribution in [3.05, 3.63) is 64.7 Å². The van der Waals surface area contributed by atoms with Gasteiger partial charge in [0.15, 0.2) is 5.65 Å². The highest BCUT2D eigenvalue weighted by molar-refractivity contribution is 5.92. The molecule has 1 aliphatic heterocycles. The standard InChI is InChI=1S/C18H19N5O2.ClH/c24-17(14-7-8-19-11-14)20-15-5-3-4-13(10-15)12-23-18(25)22-9-2-1-6-16(22)21-23;/h1-6,9-10,14,19H,7-8,11-12H2,(H,20,24);1H. The van der Waals surface area contributed by atoms with Crippen LogP contribution in [0.15, 0.2) is 53.5 Å². The Morgan fingerprint density at radius 1 is 1.27 bits per heavy atom. The Balaban J connectivity index is 0.00000196. The highest BCUT2D eigenvalue weighted by Gasteiger charge is 2.22. The van der Waals surface area contributed by atoms with Gasteiger partial charge in [-0.15, -0.1) is 17.5 Å². The van der Waals surface area contributed by atoms with Gasteiger partial charge in [0, 0.05) is 18.4 Å². The van der Waals surface area contributed by atoms with Crippen LogP contribution >= 0.6 is 12.4 Å². The van der Waals surface area contributed by atoms with E-state index < -0.39 is 0 Å². The lowest BCUT2D eigenvalue weighted by molar-refractivity contribution is -0.119. The highest BCUT2D eigenvalue weighted by atomic mass is 35.5. The summed E-state index contributed by atoms with van der Waals surface area (Å²) in [6, 6.07) is 13.0. The molecule has 0 saturated carbocycles. The third-order valence-corrected chi connectivity index (χ3v) is 4.45. The van der Waals surface area contributed by atoms with Crippen molar-refractivity contribution in [2.75, 3.05) is 18.4 Å². The minimum atomic E-state index is -0.179. The lowest BCUT2D eigenvalue weighted by Crippen LogP contribution is -2.24. The first-order chi connectivity index (χ1) is 12.2. The van der Waals surface area contributed by atoms with Gasteiger partial charge in [0.2, 0.25) is 5.91 Å². The summed E-state index contributed by atoms with van der Waals surface area (Å²) in [7, 11) is 0. The van der Waals surface area contributed by atoms with Crippen LogP contribution in [-0.2, 0) is 11.3 Å². The molecule has 3 heterocycles. The molecule has 7 nitrogen and oxygen atoms in total. The van der Waals surface area contributed by atoms with Crippen LogP contribution in [0.2, 0.25) is 0 Å². The number of amides is 1. The zero-order valence-corrected chi connectivity index (χ0v) is 14.9. The summed E-state index contributed by atoms with van der Waals surface area (Å²) >= 11 is 0. The molecule has 8 heteroatoms. The van der Waals surface area contributed by atoms with Crippen LogP contribution in [0.3, 0.4) is 0 Å². The maximum absolute atomic E-state index is 12.4. The predicted molar refractivity (Wildman–Crippen MR) is 102 cm³/mol. The van der Waals surface area contributed by atoms with Crippen molar-refractivity contribution < 1.29 is 4.79 Å². The van der Waals surface area contributed by atoms with Crippen LogP contribution in [0.5, 0.6) is 0 Å². The Morgan fingerprint density at radius 3 is 2.92 bits per heavy atom. The number of nitrogens with one attached hydrogen (secondary N) is 2. The summed E-state index contributed by atoms with van der Waals surface area (Å²) in [5.74, 6) is 0.0526. The molecule has 1 aliphatic rings. The summed E-state index contributed by atoms with van der Waals surface area (Å²) in [4.78, 5) is 24.6. The van der Waals surface area contributed by atoms with Gasteiger partial charge >= 0.3 is 5.69 Å². The maximum Gasteiger partial charge on any atom is 0.350 e. The molecule has 1 aromatic carbocycles. The van der Waals surface area contributed by atoms with Gasteiger partial charge in [-0.2, -0.15) is 0 Å². The van der Waals surface area contributed by atoms with E-state index in [1.54, 1.807) is 18.3 Å². The minimum absolute atomic E-state index is 0. The van der Waals surface area contributed by atoms with Gasteiger partial charge in [0.1, 0.15) is 0 Å². The van der Waals surface area contributed by atoms with Gasteiger partial charge in [0.25, 0.3) is 0 Å². The molecule has 1 atom stereocenters. The number of nitrogens with zero attached hydrogens (tertiary/aromatic N) is 3. The average molecular weight is 374 g/mol. The van der Waals surface area contributed by atoms with Gasteiger partial charge in [-0.05, 0) is 42.8 Å². The Kier molecular flexibility index (Phi) is 5.39. The molecular weight excluding hydrogens is 354 g/mol. The van der Waals surface area contributed by atoms with Crippen LogP contribution in [-0.4, -0.2) is 33.2 Å². The first-order valence-electron chi connectivity index (χ1n) is 8.35. The fourth-order valence-corrected chi connectivity index (χ4v) is 3.11. The number of aromatic nitrogens is 3. The first-order valence-corrected chi connectivity index (χ1v) is 8.35. The molecule has 0 radical (unpaired) electrons. The maximum atomic E-state index is 12.4. The summed E-state index contributed by atoms with van der Waals surface area (Å²) in [6.07, 6.45) is 2.57. The van der Waals surface area contributed by atoms with Crippen LogP contribution in [0, 0.1) is 5.92 Å². The first kappa shape index (κ1) is 18.2. The second-order valence-corrected chi connectivity index (χ2v) is 6.25. The van der Waals surface area contributed by atoms with Gasteiger partial charge in [-0.3, -0.25) is 9.20 Å². The number of pyridine rings is 1. The quantitative estimate of drug-likeness (QED) is 0.726.